The van der Waals surface area contributed by atoms with E-state index in [1.54, 1.807) is 0 Å². The molecule has 0 spiro atoms. The minimum atomic E-state index is -1.13. The zero-order chi connectivity index (χ0) is 23.0. The van der Waals surface area contributed by atoms with Crippen LogP contribution in [0.3, 0.4) is 0 Å². The van der Waals surface area contributed by atoms with Crippen LogP contribution in [0.5, 0.6) is 17.2 Å². The molecule has 1 aromatic carbocycles. The first-order valence-electron chi connectivity index (χ1n) is 9.69. The van der Waals surface area contributed by atoms with E-state index >= 15 is 0 Å². The van der Waals surface area contributed by atoms with E-state index in [2.05, 4.69) is 10.3 Å². The third kappa shape index (κ3) is 6.63. The summed E-state index contributed by atoms with van der Waals surface area (Å²) >= 11 is 11.8. The molecule has 0 fully saturated rings. The highest BCUT2D eigenvalue weighted by Gasteiger charge is 2.23. The minimum absolute atomic E-state index is 0.109. The molecule has 0 aliphatic heterocycles. The number of anilines is 1. The second kappa shape index (κ2) is 11.6. The molecule has 2 rings (SSSR count). The molecule has 0 radical (unpaired) electrons. The summed E-state index contributed by atoms with van der Waals surface area (Å²) in [6, 6.07) is 4.41. The summed E-state index contributed by atoms with van der Waals surface area (Å²) in [4.78, 5) is 29.0. The molecule has 0 saturated carbocycles. The third-order valence-electron chi connectivity index (χ3n) is 3.85. The van der Waals surface area contributed by atoms with Crippen LogP contribution in [0.25, 0.3) is 0 Å². The Morgan fingerprint density at radius 1 is 1.00 bits per heavy atom. The Bertz CT molecular complexity index is 911. The minimum Gasteiger partial charge on any atom is -0.490 e. The molecule has 0 aliphatic carbocycles. The van der Waals surface area contributed by atoms with Gasteiger partial charge in [-0.2, -0.15) is 0 Å². The number of pyridine rings is 1. The van der Waals surface area contributed by atoms with Crippen LogP contribution in [0.2, 0.25) is 10.0 Å². The summed E-state index contributed by atoms with van der Waals surface area (Å²) in [7, 11) is 0. The smallest absolute Gasteiger partial charge is 0.339 e. The quantitative estimate of drug-likeness (QED) is 0.499. The Morgan fingerprint density at radius 2 is 1.58 bits per heavy atom. The number of carbonyl (C=O) groups is 2. The number of amides is 1. The van der Waals surface area contributed by atoms with Crippen LogP contribution in [-0.2, 0) is 9.53 Å². The Hall–Kier alpha value is -2.71. The van der Waals surface area contributed by atoms with Crippen molar-refractivity contribution in [3.63, 3.8) is 0 Å². The molecule has 2 aromatic rings. The number of ether oxygens (including phenoxy) is 4. The van der Waals surface area contributed by atoms with Crippen molar-refractivity contribution in [1.29, 1.82) is 0 Å². The summed E-state index contributed by atoms with van der Waals surface area (Å²) in [5, 5.41) is 2.98. The monoisotopic (exact) mass is 470 g/mol. The first-order chi connectivity index (χ1) is 14.8. The second-order valence-corrected chi connectivity index (χ2v) is 6.97. The van der Waals surface area contributed by atoms with Gasteiger partial charge in [0.15, 0.2) is 23.4 Å². The van der Waals surface area contributed by atoms with Crippen molar-refractivity contribution in [2.75, 3.05) is 25.1 Å². The standard InChI is InChI=1S/C21H24Cl2N2O6/c1-5-28-16-8-13(9-17(29-6-2)18(16)30-7-3)21(27)31-12(4)20(26)25-19-15(23)10-14(22)11-24-19/h8-12H,5-7H2,1-4H3,(H,24,25,26). The van der Waals surface area contributed by atoms with Gasteiger partial charge >= 0.3 is 5.97 Å². The molecule has 0 aliphatic rings. The Labute approximate surface area is 190 Å². The van der Waals surface area contributed by atoms with Crippen molar-refractivity contribution in [3.8, 4) is 17.2 Å². The molecular formula is C21H24Cl2N2O6. The second-order valence-electron chi connectivity index (χ2n) is 6.12. The summed E-state index contributed by atoms with van der Waals surface area (Å²) in [5.74, 6) is -0.142. The number of esters is 1. The maximum Gasteiger partial charge on any atom is 0.339 e. The fourth-order valence-corrected chi connectivity index (χ4v) is 2.94. The molecular weight excluding hydrogens is 447 g/mol. The zero-order valence-corrected chi connectivity index (χ0v) is 19.2. The SMILES string of the molecule is CCOc1cc(C(=O)OC(C)C(=O)Nc2ncc(Cl)cc2Cl)cc(OCC)c1OCC. The Kier molecular flexibility index (Phi) is 9.21. The highest BCUT2D eigenvalue weighted by molar-refractivity contribution is 6.36. The lowest BCUT2D eigenvalue weighted by molar-refractivity contribution is -0.123. The molecule has 1 unspecified atom stereocenters. The molecule has 0 saturated heterocycles. The van der Waals surface area contributed by atoms with Crippen molar-refractivity contribution in [1.82, 2.24) is 4.98 Å². The lowest BCUT2D eigenvalue weighted by atomic mass is 10.1. The molecule has 1 atom stereocenters. The van der Waals surface area contributed by atoms with Gasteiger partial charge < -0.3 is 24.3 Å². The molecule has 168 valence electrons. The summed E-state index contributed by atoms with van der Waals surface area (Å²) in [6.07, 6.45) is 0.211. The van der Waals surface area contributed by atoms with E-state index in [-0.39, 0.29) is 16.4 Å². The van der Waals surface area contributed by atoms with Crippen LogP contribution in [0.1, 0.15) is 38.1 Å². The van der Waals surface area contributed by atoms with Gasteiger partial charge in [0.05, 0.1) is 35.4 Å². The van der Waals surface area contributed by atoms with E-state index in [1.807, 2.05) is 20.8 Å². The number of nitrogens with zero attached hydrogens (tertiary/aromatic N) is 1. The highest BCUT2D eigenvalue weighted by Crippen LogP contribution is 2.39. The van der Waals surface area contributed by atoms with Crippen LogP contribution < -0.4 is 19.5 Å². The fraction of sp³-hybridized carbons (Fsp3) is 0.381. The lowest BCUT2D eigenvalue weighted by Crippen LogP contribution is -2.30. The molecule has 1 amide bonds. The summed E-state index contributed by atoms with van der Waals surface area (Å²) < 4.78 is 22.1. The van der Waals surface area contributed by atoms with Gasteiger partial charge in [-0.05, 0) is 45.9 Å². The van der Waals surface area contributed by atoms with Gasteiger partial charge in [-0.1, -0.05) is 23.2 Å². The lowest BCUT2D eigenvalue weighted by Gasteiger charge is -2.18. The molecule has 31 heavy (non-hydrogen) atoms. The van der Waals surface area contributed by atoms with E-state index in [9.17, 15) is 9.59 Å². The maximum atomic E-state index is 12.7. The van der Waals surface area contributed by atoms with Gasteiger partial charge in [0, 0.05) is 6.20 Å². The Morgan fingerprint density at radius 3 is 2.10 bits per heavy atom. The van der Waals surface area contributed by atoms with Crippen molar-refractivity contribution in [2.24, 2.45) is 0 Å². The predicted molar refractivity (Wildman–Crippen MR) is 118 cm³/mol. The highest BCUT2D eigenvalue weighted by atomic mass is 35.5. The summed E-state index contributed by atoms with van der Waals surface area (Å²) in [6.45, 7) is 7.99. The van der Waals surface area contributed by atoms with E-state index in [0.717, 1.165) is 0 Å². The van der Waals surface area contributed by atoms with Crippen LogP contribution in [0, 0.1) is 0 Å². The van der Waals surface area contributed by atoms with Crippen molar-refractivity contribution < 1.29 is 28.5 Å². The fourth-order valence-electron chi connectivity index (χ4n) is 2.51. The van der Waals surface area contributed by atoms with Crippen LogP contribution in [0.15, 0.2) is 24.4 Å². The third-order valence-corrected chi connectivity index (χ3v) is 4.34. The number of hydrogen-bond donors (Lipinski definition) is 1. The number of rotatable bonds is 10. The average molecular weight is 471 g/mol. The predicted octanol–water partition coefficient (Wildman–Crippen LogP) is 4.77. The molecule has 10 heteroatoms. The van der Waals surface area contributed by atoms with Gasteiger partial charge in [-0.15, -0.1) is 0 Å². The number of hydrogen-bond acceptors (Lipinski definition) is 7. The van der Waals surface area contributed by atoms with Gasteiger partial charge in [0.25, 0.3) is 5.91 Å². The Balaban J connectivity index is 2.19. The normalized spacial score (nSPS) is 11.4. The number of benzene rings is 1. The van der Waals surface area contributed by atoms with E-state index in [0.29, 0.717) is 42.1 Å². The molecule has 1 aromatic heterocycles. The molecule has 0 bridgehead atoms. The van der Waals surface area contributed by atoms with Gasteiger partial charge in [-0.3, -0.25) is 4.79 Å². The largest absolute Gasteiger partial charge is 0.490 e. The number of aromatic nitrogens is 1. The maximum absolute atomic E-state index is 12.7. The van der Waals surface area contributed by atoms with Crippen molar-refractivity contribution in [2.45, 2.75) is 33.8 Å². The van der Waals surface area contributed by atoms with Crippen molar-refractivity contribution >= 4 is 40.9 Å². The topological polar surface area (TPSA) is 96.0 Å². The van der Waals surface area contributed by atoms with Crippen LogP contribution in [-0.4, -0.2) is 42.8 Å². The average Bonchev–Trinajstić information content (AvgIpc) is 2.72. The number of carbonyl (C=O) groups excluding carboxylic acids is 2. The zero-order valence-electron chi connectivity index (χ0n) is 17.7. The van der Waals surface area contributed by atoms with Gasteiger partial charge in [0.2, 0.25) is 5.75 Å². The van der Waals surface area contributed by atoms with Crippen LogP contribution >= 0.6 is 23.2 Å². The van der Waals surface area contributed by atoms with Gasteiger partial charge in [0.1, 0.15) is 0 Å². The molecule has 1 heterocycles. The van der Waals surface area contributed by atoms with Gasteiger partial charge in [-0.25, -0.2) is 9.78 Å². The summed E-state index contributed by atoms with van der Waals surface area (Å²) in [5.41, 5.74) is 0.151. The first-order valence-corrected chi connectivity index (χ1v) is 10.5. The molecule has 1 N–H and O–H groups in total. The van der Waals surface area contributed by atoms with E-state index < -0.39 is 18.0 Å². The number of nitrogens with one attached hydrogen (secondary N) is 1. The van der Waals surface area contributed by atoms with Crippen molar-refractivity contribution in [3.05, 3.63) is 40.0 Å². The van der Waals surface area contributed by atoms with E-state index in [4.69, 9.17) is 42.1 Å². The van der Waals surface area contributed by atoms with Crippen LogP contribution in [0.4, 0.5) is 5.82 Å². The first kappa shape index (κ1) is 24.6. The van der Waals surface area contributed by atoms with E-state index in [1.165, 1.54) is 31.3 Å². The number of halogens is 2. The molecule has 8 nitrogen and oxygen atoms in total.